The van der Waals surface area contributed by atoms with E-state index in [9.17, 15) is 14.9 Å². The smallest absolute Gasteiger partial charge is 0.270 e. The summed E-state index contributed by atoms with van der Waals surface area (Å²) in [6.07, 6.45) is 0. The van der Waals surface area contributed by atoms with Crippen molar-refractivity contribution in [2.24, 2.45) is 0 Å². The average Bonchev–Trinajstić information content (AvgIpc) is 2.35. The molecule has 2 rings (SSSR count). The fourth-order valence-corrected chi connectivity index (χ4v) is 1.93. The van der Waals surface area contributed by atoms with E-state index in [0.29, 0.717) is 20.7 Å². The van der Waals surface area contributed by atoms with Gasteiger partial charge in [-0.15, -0.1) is 0 Å². The van der Waals surface area contributed by atoms with Crippen LogP contribution in [-0.2, 0) is 0 Å². The maximum Gasteiger partial charge on any atom is 0.270 e. The highest BCUT2D eigenvalue weighted by atomic mass is 127. The van der Waals surface area contributed by atoms with Crippen LogP contribution >= 0.6 is 22.6 Å². The van der Waals surface area contributed by atoms with Crippen LogP contribution in [0.1, 0.15) is 11.3 Å². The number of aromatic nitrogens is 2. The summed E-state index contributed by atoms with van der Waals surface area (Å²) in [6.45, 7) is 3.54. The van der Waals surface area contributed by atoms with Crippen LogP contribution in [0.3, 0.4) is 0 Å². The maximum absolute atomic E-state index is 11.7. The van der Waals surface area contributed by atoms with E-state index in [-0.39, 0.29) is 11.2 Å². The first-order chi connectivity index (χ1) is 8.90. The van der Waals surface area contributed by atoms with Gasteiger partial charge in [-0.05, 0) is 42.0 Å². The highest BCUT2D eigenvalue weighted by molar-refractivity contribution is 14.1. The molecule has 0 unspecified atom stereocenters. The fraction of sp³-hybridized carbons (Fsp3) is 0.167. The van der Waals surface area contributed by atoms with Crippen molar-refractivity contribution in [2.45, 2.75) is 13.8 Å². The van der Waals surface area contributed by atoms with Crippen molar-refractivity contribution < 1.29 is 4.92 Å². The Morgan fingerprint density at radius 1 is 1.37 bits per heavy atom. The molecule has 1 heterocycles. The Hall–Kier alpha value is -1.77. The normalized spacial score (nSPS) is 10.5. The molecule has 1 aromatic heterocycles. The molecule has 0 atom stereocenters. The van der Waals surface area contributed by atoms with Gasteiger partial charge in [-0.25, -0.2) is 4.98 Å². The molecule has 0 aliphatic rings. The van der Waals surface area contributed by atoms with Crippen LogP contribution in [0.15, 0.2) is 23.0 Å². The van der Waals surface area contributed by atoms with Crippen molar-refractivity contribution in [3.8, 4) is 11.4 Å². The van der Waals surface area contributed by atoms with E-state index < -0.39 is 4.92 Å². The summed E-state index contributed by atoms with van der Waals surface area (Å²) in [7, 11) is 0. The monoisotopic (exact) mass is 371 g/mol. The van der Waals surface area contributed by atoms with Gasteiger partial charge in [-0.2, -0.15) is 0 Å². The second kappa shape index (κ2) is 5.08. The Bertz CT molecular complexity index is 725. The molecule has 1 N–H and O–H groups in total. The predicted molar refractivity (Wildman–Crippen MR) is 79.1 cm³/mol. The zero-order valence-electron chi connectivity index (χ0n) is 10.2. The summed E-state index contributed by atoms with van der Waals surface area (Å²) in [6, 6.07) is 4.48. The molecule has 0 aliphatic heterocycles. The molecule has 2 aromatic rings. The molecule has 98 valence electrons. The summed E-state index contributed by atoms with van der Waals surface area (Å²) in [5.74, 6) is 0.351. The number of aryl methyl sites for hydroxylation is 2. The van der Waals surface area contributed by atoms with Crippen molar-refractivity contribution in [1.29, 1.82) is 0 Å². The lowest BCUT2D eigenvalue weighted by Crippen LogP contribution is -2.14. The lowest BCUT2D eigenvalue weighted by molar-refractivity contribution is -0.384. The highest BCUT2D eigenvalue weighted by Gasteiger charge is 2.13. The van der Waals surface area contributed by atoms with Crippen molar-refractivity contribution >= 4 is 28.3 Å². The van der Waals surface area contributed by atoms with Gasteiger partial charge in [0, 0.05) is 17.7 Å². The summed E-state index contributed by atoms with van der Waals surface area (Å²) >= 11 is 1.92. The van der Waals surface area contributed by atoms with Crippen LogP contribution < -0.4 is 5.56 Å². The molecule has 0 amide bonds. The van der Waals surface area contributed by atoms with Crippen molar-refractivity contribution in [3.05, 3.63) is 53.5 Å². The largest absolute Gasteiger partial charge is 0.306 e. The van der Waals surface area contributed by atoms with Gasteiger partial charge in [0.2, 0.25) is 0 Å². The molecule has 0 saturated carbocycles. The van der Waals surface area contributed by atoms with Crippen LogP contribution in [0.25, 0.3) is 11.4 Å². The summed E-state index contributed by atoms with van der Waals surface area (Å²) in [5.41, 5.74) is 1.71. The third kappa shape index (κ3) is 2.65. The minimum atomic E-state index is -0.472. The Morgan fingerprint density at radius 3 is 2.63 bits per heavy atom. The number of hydrogen-bond donors (Lipinski definition) is 1. The van der Waals surface area contributed by atoms with Crippen molar-refractivity contribution in [2.75, 3.05) is 0 Å². The molecule has 0 spiro atoms. The molecular weight excluding hydrogens is 361 g/mol. The van der Waals surface area contributed by atoms with Gasteiger partial charge in [0.25, 0.3) is 11.2 Å². The summed E-state index contributed by atoms with van der Waals surface area (Å²) in [5, 5.41) is 10.8. The average molecular weight is 371 g/mol. The Balaban J connectivity index is 2.68. The zero-order valence-corrected chi connectivity index (χ0v) is 12.4. The van der Waals surface area contributed by atoms with E-state index in [0.717, 1.165) is 5.56 Å². The second-order valence-electron chi connectivity index (χ2n) is 4.07. The number of aromatic amines is 1. The van der Waals surface area contributed by atoms with Gasteiger partial charge in [-0.1, -0.05) is 6.07 Å². The zero-order chi connectivity index (χ0) is 14.2. The number of hydrogen-bond acceptors (Lipinski definition) is 4. The lowest BCUT2D eigenvalue weighted by atomic mass is 10.1. The number of benzene rings is 1. The van der Waals surface area contributed by atoms with E-state index in [1.54, 1.807) is 13.0 Å². The highest BCUT2D eigenvalue weighted by Crippen LogP contribution is 2.24. The summed E-state index contributed by atoms with van der Waals surface area (Å²) in [4.78, 5) is 29.0. The fourth-order valence-electron chi connectivity index (χ4n) is 1.68. The molecule has 19 heavy (non-hydrogen) atoms. The molecule has 0 radical (unpaired) electrons. The SMILES string of the molecule is Cc1ccc([N+](=O)[O-])cc1-c1nc(C)c(I)c(=O)[nH]1. The van der Waals surface area contributed by atoms with E-state index in [2.05, 4.69) is 9.97 Å². The van der Waals surface area contributed by atoms with Crippen LogP contribution in [0.4, 0.5) is 5.69 Å². The molecule has 0 bridgehead atoms. The van der Waals surface area contributed by atoms with Gasteiger partial charge in [0.1, 0.15) is 5.82 Å². The maximum atomic E-state index is 11.7. The van der Waals surface area contributed by atoms with Crippen LogP contribution in [-0.4, -0.2) is 14.9 Å². The predicted octanol–water partition coefficient (Wildman–Crippen LogP) is 2.57. The number of nitro groups is 1. The molecule has 7 heteroatoms. The standard InChI is InChI=1S/C12H10IN3O3/c1-6-3-4-8(16(18)19)5-9(6)11-14-7(2)10(13)12(17)15-11/h3-5H,1-2H3,(H,14,15,17). The second-order valence-corrected chi connectivity index (χ2v) is 5.15. The van der Waals surface area contributed by atoms with E-state index in [1.165, 1.54) is 12.1 Å². The number of non-ortho nitro benzene ring substituents is 1. The number of nitrogens with one attached hydrogen (secondary N) is 1. The van der Waals surface area contributed by atoms with Crippen molar-refractivity contribution in [1.82, 2.24) is 9.97 Å². The molecule has 0 fully saturated rings. The molecular formula is C12H10IN3O3. The van der Waals surface area contributed by atoms with Crippen molar-refractivity contribution in [3.63, 3.8) is 0 Å². The first kappa shape index (κ1) is 13.7. The Labute approximate surface area is 122 Å². The molecule has 0 saturated heterocycles. The van der Waals surface area contributed by atoms with Crippen LogP contribution in [0.2, 0.25) is 0 Å². The van der Waals surface area contributed by atoms with Crippen LogP contribution in [0.5, 0.6) is 0 Å². The lowest BCUT2D eigenvalue weighted by Gasteiger charge is -2.06. The third-order valence-corrected chi connectivity index (χ3v) is 3.99. The summed E-state index contributed by atoms with van der Waals surface area (Å²) < 4.78 is 0.518. The van der Waals surface area contributed by atoms with E-state index in [4.69, 9.17) is 0 Å². The Morgan fingerprint density at radius 2 is 2.05 bits per heavy atom. The third-order valence-electron chi connectivity index (χ3n) is 2.72. The van der Waals surface area contributed by atoms with E-state index >= 15 is 0 Å². The molecule has 0 aliphatic carbocycles. The number of nitro benzene ring substituents is 1. The topological polar surface area (TPSA) is 88.9 Å². The number of nitrogens with zero attached hydrogens (tertiary/aromatic N) is 2. The number of halogens is 1. The number of H-pyrrole nitrogens is 1. The van der Waals surface area contributed by atoms with E-state index in [1.807, 2.05) is 29.5 Å². The Kier molecular flexibility index (Phi) is 3.65. The minimum Gasteiger partial charge on any atom is -0.306 e. The quantitative estimate of drug-likeness (QED) is 0.499. The van der Waals surface area contributed by atoms with Gasteiger partial charge in [-0.3, -0.25) is 14.9 Å². The first-order valence-corrected chi connectivity index (χ1v) is 6.50. The number of rotatable bonds is 2. The minimum absolute atomic E-state index is 0.0283. The van der Waals surface area contributed by atoms with Crippen LogP contribution in [0, 0.1) is 27.5 Å². The molecule has 1 aromatic carbocycles. The van der Waals surface area contributed by atoms with Gasteiger partial charge in [0.15, 0.2) is 0 Å². The first-order valence-electron chi connectivity index (χ1n) is 5.42. The molecule has 6 nitrogen and oxygen atoms in total. The van der Waals surface area contributed by atoms with Gasteiger partial charge in [0.05, 0.1) is 14.2 Å². The van der Waals surface area contributed by atoms with Gasteiger partial charge < -0.3 is 4.98 Å². The van der Waals surface area contributed by atoms with Gasteiger partial charge >= 0.3 is 0 Å².